The first kappa shape index (κ1) is 16.2. The van der Waals surface area contributed by atoms with Crippen LogP contribution in [0.4, 0.5) is 4.79 Å². The standard InChI is InChI=1S/C15H17ClN2O4/c1-4-22-14(19)12-8(2)17-15(20)18-13(12)10-7-9(16)5-6-11(10)21-3/h5-7,13H,4H2,1-3H3,(H2,17,18,20)/t13-/m0/s1. The summed E-state index contributed by atoms with van der Waals surface area (Å²) in [5.41, 5.74) is 1.35. The molecule has 0 saturated heterocycles. The molecule has 1 aromatic rings. The number of methoxy groups -OCH3 is 1. The van der Waals surface area contributed by atoms with E-state index in [1.165, 1.54) is 7.11 Å². The first-order valence-electron chi connectivity index (χ1n) is 6.76. The van der Waals surface area contributed by atoms with E-state index >= 15 is 0 Å². The molecule has 1 aliphatic rings. The van der Waals surface area contributed by atoms with Crippen molar-refractivity contribution in [2.75, 3.05) is 13.7 Å². The lowest BCUT2D eigenvalue weighted by molar-refractivity contribution is -0.139. The summed E-state index contributed by atoms with van der Waals surface area (Å²) in [5, 5.41) is 5.76. The molecule has 6 nitrogen and oxygen atoms in total. The molecule has 1 atom stereocenters. The van der Waals surface area contributed by atoms with Crippen molar-refractivity contribution in [1.82, 2.24) is 10.6 Å². The van der Waals surface area contributed by atoms with Gasteiger partial charge in [-0.3, -0.25) is 0 Å². The Morgan fingerprint density at radius 3 is 2.77 bits per heavy atom. The second kappa shape index (κ2) is 6.70. The zero-order valence-electron chi connectivity index (χ0n) is 12.5. The number of urea groups is 1. The molecular weight excluding hydrogens is 308 g/mol. The highest BCUT2D eigenvalue weighted by molar-refractivity contribution is 6.30. The van der Waals surface area contributed by atoms with Gasteiger partial charge in [0.1, 0.15) is 5.75 Å². The van der Waals surface area contributed by atoms with Gasteiger partial charge < -0.3 is 20.1 Å². The second-order valence-corrected chi connectivity index (χ2v) is 5.11. The molecule has 1 heterocycles. The van der Waals surface area contributed by atoms with Crippen LogP contribution in [0.2, 0.25) is 5.02 Å². The Morgan fingerprint density at radius 1 is 1.41 bits per heavy atom. The van der Waals surface area contributed by atoms with E-state index in [4.69, 9.17) is 21.1 Å². The summed E-state index contributed by atoms with van der Waals surface area (Å²) >= 11 is 6.04. The van der Waals surface area contributed by atoms with E-state index < -0.39 is 18.0 Å². The molecular formula is C15H17ClN2O4. The van der Waals surface area contributed by atoms with Crippen LogP contribution in [0.25, 0.3) is 0 Å². The van der Waals surface area contributed by atoms with E-state index in [0.29, 0.717) is 27.6 Å². The molecule has 0 aliphatic carbocycles. The number of hydrogen-bond donors (Lipinski definition) is 2. The average Bonchev–Trinajstić information content (AvgIpc) is 2.46. The van der Waals surface area contributed by atoms with E-state index in [2.05, 4.69) is 10.6 Å². The third kappa shape index (κ3) is 3.17. The smallest absolute Gasteiger partial charge is 0.338 e. The molecule has 118 valence electrons. The lowest BCUT2D eigenvalue weighted by Crippen LogP contribution is -2.45. The van der Waals surface area contributed by atoms with Crippen LogP contribution in [-0.4, -0.2) is 25.7 Å². The number of carbonyl (C=O) groups excluding carboxylic acids is 2. The Kier molecular flexibility index (Phi) is 4.92. The van der Waals surface area contributed by atoms with Crippen molar-refractivity contribution in [1.29, 1.82) is 0 Å². The Bertz CT molecular complexity index is 642. The summed E-state index contributed by atoms with van der Waals surface area (Å²) in [7, 11) is 1.51. The van der Waals surface area contributed by atoms with Gasteiger partial charge in [0.25, 0.3) is 0 Å². The van der Waals surface area contributed by atoms with Crippen molar-refractivity contribution >= 4 is 23.6 Å². The van der Waals surface area contributed by atoms with Crippen molar-refractivity contribution in [3.8, 4) is 5.75 Å². The van der Waals surface area contributed by atoms with E-state index in [0.717, 1.165) is 0 Å². The SMILES string of the molecule is CCOC(=O)C1=C(C)NC(=O)N[C@H]1c1cc(Cl)ccc1OC. The fourth-order valence-corrected chi connectivity index (χ4v) is 2.52. The minimum atomic E-state index is -0.693. The molecule has 1 aliphatic heterocycles. The summed E-state index contributed by atoms with van der Waals surface area (Å²) in [6.45, 7) is 3.61. The molecule has 0 unspecified atom stereocenters. The summed E-state index contributed by atoms with van der Waals surface area (Å²) in [6, 6.07) is 3.92. The molecule has 22 heavy (non-hydrogen) atoms. The number of nitrogens with one attached hydrogen (secondary N) is 2. The first-order chi connectivity index (χ1) is 10.5. The molecule has 0 aromatic heterocycles. The molecule has 2 amide bonds. The number of allylic oxidation sites excluding steroid dienone is 1. The number of amides is 2. The molecule has 7 heteroatoms. The fraction of sp³-hybridized carbons (Fsp3) is 0.333. The molecule has 2 N–H and O–H groups in total. The zero-order valence-corrected chi connectivity index (χ0v) is 13.3. The van der Waals surface area contributed by atoms with Crippen molar-refractivity contribution in [2.45, 2.75) is 19.9 Å². The van der Waals surface area contributed by atoms with Gasteiger partial charge in [0.05, 0.1) is 25.3 Å². The highest BCUT2D eigenvalue weighted by Gasteiger charge is 2.33. The molecule has 0 fully saturated rings. The quantitative estimate of drug-likeness (QED) is 0.834. The lowest BCUT2D eigenvalue weighted by Gasteiger charge is -2.29. The minimum Gasteiger partial charge on any atom is -0.496 e. The highest BCUT2D eigenvalue weighted by Crippen LogP contribution is 2.35. The Morgan fingerprint density at radius 2 is 2.14 bits per heavy atom. The summed E-state index contributed by atoms with van der Waals surface area (Å²) < 4.78 is 10.4. The monoisotopic (exact) mass is 324 g/mol. The minimum absolute atomic E-state index is 0.239. The van der Waals surface area contributed by atoms with Gasteiger partial charge in [0.15, 0.2) is 0 Å². The van der Waals surface area contributed by atoms with Gasteiger partial charge in [-0.05, 0) is 32.0 Å². The number of hydrogen-bond acceptors (Lipinski definition) is 4. The molecule has 2 rings (SSSR count). The Hall–Kier alpha value is -2.21. The zero-order chi connectivity index (χ0) is 16.3. The van der Waals surface area contributed by atoms with Crippen molar-refractivity contribution in [3.63, 3.8) is 0 Å². The predicted octanol–water partition coefficient (Wildman–Crippen LogP) is 2.54. The van der Waals surface area contributed by atoms with Crippen LogP contribution in [0.15, 0.2) is 29.5 Å². The van der Waals surface area contributed by atoms with Crippen molar-refractivity contribution in [2.24, 2.45) is 0 Å². The van der Waals surface area contributed by atoms with Gasteiger partial charge >= 0.3 is 12.0 Å². The maximum atomic E-state index is 12.2. The van der Waals surface area contributed by atoms with Crippen LogP contribution in [-0.2, 0) is 9.53 Å². The van der Waals surface area contributed by atoms with Crippen LogP contribution in [0.3, 0.4) is 0 Å². The predicted molar refractivity (Wildman–Crippen MR) is 81.7 cm³/mol. The summed E-state index contributed by atoms with van der Waals surface area (Å²) in [6.07, 6.45) is 0. The van der Waals surface area contributed by atoms with Crippen LogP contribution in [0, 0.1) is 0 Å². The summed E-state index contributed by atoms with van der Waals surface area (Å²) in [5.74, 6) is 0.0192. The number of carbonyl (C=O) groups is 2. The van der Waals surface area contributed by atoms with E-state index in [-0.39, 0.29) is 6.61 Å². The molecule has 0 spiro atoms. The summed E-state index contributed by atoms with van der Waals surface area (Å²) in [4.78, 5) is 24.0. The van der Waals surface area contributed by atoms with Crippen LogP contribution in [0.1, 0.15) is 25.5 Å². The normalized spacial score (nSPS) is 17.6. The van der Waals surface area contributed by atoms with Gasteiger partial charge in [0, 0.05) is 16.3 Å². The number of benzene rings is 1. The lowest BCUT2D eigenvalue weighted by atomic mass is 9.95. The first-order valence-corrected chi connectivity index (χ1v) is 7.14. The fourth-order valence-electron chi connectivity index (χ4n) is 2.34. The Balaban J connectivity index is 2.55. The van der Waals surface area contributed by atoms with E-state index in [9.17, 15) is 9.59 Å². The molecule has 0 saturated carbocycles. The molecule has 0 radical (unpaired) electrons. The second-order valence-electron chi connectivity index (χ2n) is 4.68. The van der Waals surface area contributed by atoms with Gasteiger partial charge in [-0.25, -0.2) is 9.59 Å². The highest BCUT2D eigenvalue weighted by atomic mass is 35.5. The van der Waals surface area contributed by atoms with Gasteiger partial charge in [-0.1, -0.05) is 11.6 Å². The van der Waals surface area contributed by atoms with Crippen molar-refractivity contribution in [3.05, 3.63) is 40.1 Å². The van der Waals surface area contributed by atoms with Gasteiger partial charge in [-0.2, -0.15) is 0 Å². The van der Waals surface area contributed by atoms with Gasteiger partial charge in [0.2, 0.25) is 0 Å². The van der Waals surface area contributed by atoms with Gasteiger partial charge in [-0.15, -0.1) is 0 Å². The van der Waals surface area contributed by atoms with Crippen LogP contribution < -0.4 is 15.4 Å². The number of halogens is 1. The maximum Gasteiger partial charge on any atom is 0.338 e. The van der Waals surface area contributed by atoms with Crippen molar-refractivity contribution < 1.29 is 19.1 Å². The third-order valence-corrected chi connectivity index (χ3v) is 3.50. The van der Waals surface area contributed by atoms with E-state index in [1.54, 1.807) is 32.0 Å². The third-order valence-electron chi connectivity index (χ3n) is 3.27. The molecule has 1 aromatic carbocycles. The topological polar surface area (TPSA) is 76.7 Å². The number of ether oxygens (including phenoxy) is 2. The van der Waals surface area contributed by atoms with E-state index in [1.807, 2.05) is 0 Å². The number of esters is 1. The Labute approximate surface area is 133 Å². The largest absolute Gasteiger partial charge is 0.496 e. The maximum absolute atomic E-state index is 12.2. The molecule has 0 bridgehead atoms. The average molecular weight is 325 g/mol. The van der Waals surface area contributed by atoms with Crippen LogP contribution >= 0.6 is 11.6 Å². The number of rotatable bonds is 4. The van der Waals surface area contributed by atoms with Crippen LogP contribution in [0.5, 0.6) is 5.75 Å².